The summed E-state index contributed by atoms with van der Waals surface area (Å²) >= 11 is 4.57. The third-order valence-electron chi connectivity index (χ3n) is 2.77. The van der Waals surface area contributed by atoms with Gasteiger partial charge in [-0.05, 0) is 23.6 Å². The quantitative estimate of drug-likeness (QED) is 0.579. The van der Waals surface area contributed by atoms with Gasteiger partial charge in [-0.25, -0.2) is 8.42 Å². The minimum atomic E-state index is -3.94. The summed E-state index contributed by atoms with van der Waals surface area (Å²) in [4.78, 5) is 10.9. The SMILES string of the molecule is CN(Cc1cccs1)S(=O)(=O)c1cc(Br)ccc1[N+](=O)[O-]. The zero-order chi connectivity index (χ0) is 15.6. The van der Waals surface area contributed by atoms with Crippen LogP contribution in [0.15, 0.2) is 45.1 Å². The van der Waals surface area contributed by atoms with Gasteiger partial charge in [-0.1, -0.05) is 22.0 Å². The van der Waals surface area contributed by atoms with E-state index in [1.807, 2.05) is 17.5 Å². The summed E-state index contributed by atoms with van der Waals surface area (Å²) in [5, 5.41) is 12.9. The van der Waals surface area contributed by atoms with E-state index in [0.29, 0.717) is 4.47 Å². The number of hydrogen-bond donors (Lipinski definition) is 0. The molecule has 0 fully saturated rings. The summed E-state index contributed by atoms with van der Waals surface area (Å²) in [6, 6.07) is 7.50. The highest BCUT2D eigenvalue weighted by molar-refractivity contribution is 9.10. The van der Waals surface area contributed by atoms with Crippen LogP contribution < -0.4 is 0 Å². The van der Waals surface area contributed by atoms with E-state index in [1.54, 1.807) is 0 Å². The van der Waals surface area contributed by atoms with Crippen molar-refractivity contribution in [2.24, 2.45) is 0 Å². The molecule has 1 aromatic heterocycles. The van der Waals surface area contributed by atoms with Crippen LogP contribution in [0.2, 0.25) is 0 Å². The smallest absolute Gasteiger partial charge is 0.258 e. The molecule has 2 rings (SSSR count). The first-order valence-corrected chi connectivity index (χ1v) is 8.86. The lowest BCUT2D eigenvalue weighted by atomic mass is 10.3. The van der Waals surface area contributed by atoms with Gasteiger partial charge in [-0.3, -0.25) is 10.1 Å². The normalized spacial score (nSPS) is 11.8. The number of rotatable bonds is 5. The Kier molecular flexibility index (Phi) is 4.77. The van der Waals surface area contributed by atoms with Crippen molar-refractivity contribution >= 4 is 43.0 Å². The van der Waals surface area contributed by atoms with Crippen molar-refractivity contribution in [2.45, 2.75) is 11.4 Å². The van der Waals surface area contributed by atoms with Gasteiger partial charge in [0.05, 0.1) is 4.92 Å². The number of benzene rings is 1. The second-order valence-corrected chi connectivity index (χ2v) is 8.17. The third kappa shape index (κ3) is 3.49. The number of nitrogens with zero attached hydrogens (tertiary/aromatic N) is 2. The van der Waals surface area contributed by atoms with Crippen molar-refractivity contribution in [3.8, 4) is 0 Å². The molecular formula is C12H11BrN2O4S2. The van der Waals surface area contributed by atoms with Crippen LogP contribution in [0.4, 0.5) is 5.69 Å². The fourth-order valence-corrected chi connectivity index (χ4v) is 4.40. The molecule has 0 aliphatic heterocycles. The van der Waals surface area contributed by atoms with Gasteiger partial charge in [0.2, 0.25) is 10.0 Å². The summed E-state index contributed by atoms with van der Waals surface area (Å²) in [5.74, 6) is 0. The van der Waals surface area contributed by atoms with Crippen LogP contribution in [0.5, 0.6) is 0 Å². The van der Waals surface area contributed by atoms with Crippen LogP contribution in [0.25, 0.3) is 0 Å². The van der Waals surface area contributed by atoms with Gasteiger partial charge in [0.1, 0.15) is 0 Å². The first-order valence-electron chi connectivity index (χ1n) is 5.75. The van der Waals surface area contributed by atoms with Gasteiger partial charge < -0.3 is 0 Å². The maximum absolute atomic E-state index is 12.5. The van der Waals surface area contributed by atoms with E-state index in [9.17, 15) is 18.5 Å². The van der Waals surface area contributed by atoms with Crippen molar-refractivity contribution in [1.82, 2.24) is 4.31 Å². The monoisotopic (exact) mass is 390 g/mol. The Morgan fingerprint density at radius 3 is 2.67 bits per heavy atom. The fraction of sp³-hybridized carbons (Fsp3) is 0.167. The van der Waals surface area contributed by atoms with Crippen LogP contribution in [-0.2, 0) is 16.6 Å². The van der Waals surface area contributed by atoms with Gasteiger partial charge in [-0.15, -0.1) is 11.3 Å². The molecule has 1 heterocycles. The van der Waals surface area contributed by atoms with Gasteiger partial charge in [0.25, 0.3) is 5.69 Å². The minimum absolute atomic E-state index is 0.170. The second kappa shape index (κ2) is 6.22. The molecule has 0 saturated carbocycles. The number of halogens is 1. The molecule has 6 nitrogen and oxygen atoms in total. The molecule has 9 heteroatoms. The zero-order valence-corrected chi connectivity index (χ0v) is 14.1. The maximum atomic E-state index is 12.5. The Balaban J connectivity index is 2.43. The maximum Gasteiger partial charge on any atom is 0.289 e. The third-order valence-corrected chi connectivity index (χ3v) is 5.95. The Morgan fingerprint density at radius 1 is 1.38 bits per heavy atom. The van der Waals surface area contributed by atoms with E-state index in [-0.39, 0.29) is 11.4 Å². The number of nitro benzene ring substituents is 1. The zero-order valence-electron chi connectivity index (χ0n) is 10.9. The molecule has 0 saturated heterocycles. The molecule has 0 atom stereocenters. The summed E-state index contributed by atoms with van der Waals surface area (Å²) < 4.78 is 26.7. The van der Waals surface area contributed by atoms with E-state index < -0.39 is 20.6 Å². The van der Waals surface area contributed by atoms with Crippen molar-refractivity contribution in [3.63, 3.8) is 0 Å². The molecule has 1 aromatic carbocycles. The first-order chi connectivity index (χ1) is 9.82. The number of hydrogen-bond acceptors (Lipinski definition) is 5. The standard InChI is InChI=1S/C12H11BrN2O4S2/c1-14(8-10-3-2-6-20-10)21(18,19)12-7-9(13)4-5-11(12)15(16)17/h2-7H,8H2,1H3. The topological polar surface area (TPSA) is 80.5 Å². The molecule has 0 aliphatic rings. The minimum Gasteiger partial charge on any atom is -0.258 e. The van der Waals surface area contributed by atoms with Gasteiger partial charge in [-0.2, -0.15) is 4.31 Å². The molecule has 0 N–H and O–H groups in total. The summed E-state index contributed by atoms with van der Waals surface area (Å²) in [5.41, 5.74) is -0.434. The van der Waals surface area contributed by atoms with Crippen LogP contribution in [-0.4, -0.2) is 24.7 Å². The molecule has 0 bridgehead atoms. The lowest BCUT2D eigenvalue weighted by Crippen LogP contribution is -2.26. The molecule has 0 amide bonds. The van der Waals surface area contributed by atoms with Gasteiger partial charge >= 0.3 is 0 Å². The van der Waals surface area contributed by atoms with Crippen LogP contribution in [0.3, 0.4) is 0 Å². The molecule has 0 aliphatic carbocycles. The van der Waals surface area contributed by atoms with Crippen molar-refractivity contribution in [3.05, 3.63) is 55.2 Å². The Bertz CT molecular complexity index is 760. The number of sulfonamides is 1. The van der Waals surface area contributed by atoms with Gasteiger partial charge in [0.15, 0.2) is 4.90 Å². The first kappa shape index (κ1) is 16.1. The fourth-order valence-electron chi connectivity index (χ4n) is 1.72. The Morgan fingerprint density at radius 2 is 2.10 bits per heavy atom. The molecule has 112 valence electrons. The van der Waals surface area contributed by atoms with E-state index in [0.717, 1.165) is 9.18 Å². The summed E-state index contributed by atoms with van der Waals surface area (Å²) in [7, 11) is -2.54. The van der Waals surface area contributed by atoms with Gasteiger partial charge in [0, 0.05) is 29.0 Å². The summed E-state index contributed by atoms with van der Waals surface area (Å²) in [6.07, 6.45) is 0. The molecule has 21 heavy (non-hydrogen) atoms. The van der Waals surface area contributed by atoms with E-state index in [2.05, 4.69) is 15.9 Å². The van der Waals surface area contributed by atoms with E-state index in [4.69, 9.17) is 0 Å². The van der Waals surface area contributed by atoms with E-state index in [1.165, 1.54) is 36.6 Å². The van der Waals surface area contributed by atoms with Crippen molar-refractivity contribution in [2.75, 3.05) is 7.05 Å². The van der Waals surface area contributed by atoms with Crippen LogP contribution in [0.1, 0.15) is 4.88 Å². The largest absolute Gasteiger partial charge is 0.289 e. The molecule has 2 aromatic rings. The van der Waals surface area contributed by atoms with Crippen molar-refractivity contribution < 1.29 is 13.3 Å². The van der Waals surface area contributed by atoms with Crippen molar-refractivity contribution in [1.29, 1.82) is 0 Å². The highest BCUT2D eigenvalue weighted by Gasteiger charge is 2.29. The average molecular weight is 391 g/mol. The predicted molar refractivity (Wildman–Crippen MR) is 83.8 cm³/mol. The molecule has 0 spiro atoms. The predicted octanol–water partition coefficient (Wildman–Crippen LogP) is 3.24. The lowest BCUT2D eigenvalue weighted by Gasteiger charge is -2.16. The van der Waals surface area contributed by atoms with Crippen LogP contribution >= 0.6 is 27.3 Å². The lowest BCUT2D eigenvalue weighted by molar-refractivity contribution is -0.387. The Labute approximate surface area is 134 Å². The average Bonchev–Trinajstić information content (AvgIpc) is 2.91. The second-order valence-electron chi connectivity index (χ2n) is 4.21. The van der Waals surface area contributed by atoms with E-state index >= 15 is 0 Å². The number of nitro groups is 1. The summed E-state index contributed by atoms with van der Waals surface area (Å²) in [6.45, 7) is 0.170. The highest BCUT2D eigenvalue weighted by atomic mass is 79.9. The number of thiophene rings is 1. The molecule has 0 unspecified atom stereocenters. The highest BCUT2D eigenvalue weighted by Crippen LogP contribution is 2.30. The Hall–Kier alpha value is -1.29. The van der Waals surface area contributed by atoms with Crippen LogP contribution in [0, 0.1) is 10.1 Å². The molecule has 0 radical (unpaired) electrons. The molecular weight excluding hydrogens is 380 g/mol.